The molecule has 8 nitrogen and oxygen atoms in total. The van der Waals surface area contributed by atoms with E-state index in [0.29, 0.717) is 27.8 Å². The normalized spacial score (nSPS) is 11.9. The van der Waals surface area contributed by atoms with E-state index in [-0.39, 0.29) is 6.42 Å². The number of nitrogens with two attached hydrogens (primary N) is 1. The minimum absolute atomic E-state index is 0.169. The highest BCUT2D eigenvalue weighted by Crippen LogP contribution is 2.19. The van der Waals surface area contributed by atoms with Crippen LogP contribution in [-0.4, -0.2) is 27.1 Å². The lowest BCUT2D eigenvalue weighted by Gasteiger charge is -2.12. The molecule has 0 aliphatic heterocycles. The van der Waals surface area contributed by atoms with Crippen molar-refractivity contribution in [2.45, 2.75) is 12.5 Å². The summed E-state index contributed by atoms with van der Waals surface area (Å²) in [4.78, 5) is 24.0. The van der Waals surface area contributed by atoms with E-state index in [9.17, 15) is 14.7 Å². The number of hydrazine groups is 1. The number of nitrogens with zero attached hydrogens (tertiary/aromatic N) is 1. The van der Waals surface area contributed by atoms with Crippen LogP contribution < -0.4 is 16.6 Å². The number of amides is 2. The summed E-state index contributed by atoms with van der Waals surface area (Å²) in [5, 5.41) is 17.2. The second kappa shape index (κ2) is 7.02. The van der Waals surface area contributed by atoms with E-state index in [1.165, 1.54) is 0 Å². The molecule has 0 aliphatic carbocycles. The number of hydrogen-bond donors (Lipinski definition) is 5. The summed E-state index contributed by atoms with van der Waals surface area (Å²) in [6, 6.07) is 13.7. The molecule has 0 saturated carbocycles. The van der Waals surface area contributed by atoms with Gasteiger partial charge in [0.25, 0.3) is 5.91 Å². The van der Waals surface area contributed by atoms with Gasteiger partial charge in [0, 0.05) is 10.9 Å². The van der Waals surface area contributed by atoms with E-state index in [1.54, 1.807) is 42.5 Å². The van der Waals surface area contributed by atoms with Crippen LogP contribution in [0.5, 0.6) is 0 Å². The van der Waals surface area contributed by atoms with Crippen molar-refractivity contribution in [3.63, 3.8) is 0 Å². The van der Waals surface area contributed by atoms with Crippen LogP contribution in [0.3, 0.4) is 0 Å². The summed E-state index contributed by atoms with van der Waals surface area (Å²) < 4.78 is 0. The molecule has 25 heavy (non-hydrogen) atoms. The van der Waals surface area contributed by atoms with E-state index in [4.69, 9.17) is 5.73 Å². The maximum Gasteiger partial charge on any atom is 0.269 e. The molecular formula is C17H17N5O3. The SMILES string of the molecule is Nc1n[nH]c2ccc(C(=O)NNC(=O)CC(O)c3ccccc3)cc12. The van der Waals surface area contributed by atoms with Crippen LogP contribution in [0.1, 0.15) is 28.4 Å². The molecule has 1 heterocycles. The molecule has 0 radical (unpaired) electrons. The first-order valence-corrected chi connectivity index (χ1v) is 7.60. The van der Waals surface area contributed by atoms with Gasteiger partial charge in [0.15, 0.2) is 5.82 Å². The maximum atomic E-state index is 12.1. The van der Waals surface area contributed by atoms with Gasteiger partial charge in [-0.05, 0) is 23.8 Å². The minimum atomic E-state index is -0.944. The molecule has 0 aliphatic rings. The van der Waals surface area contributed by atoms with E-state index in [1.807, 2.05) is 6.07 Å². The first-order chi connectivity index (χ1) is 12.0. The Labute approximate surface area is 143 Å². The Hall–Kier alpha value is -3.39. The van der Waals surface area contributed by atoms with Crippen molar-refractivity contribution >= 4 is 28.5 Å². The number of rotatable bonds is 4. The van der Waals surface area contributed by atoms with Gasteiger partial charge in [-0.2, -0.15) is 5.10 Å². The van der Waals surface area contributed by atoms with Crippen molar-refractivity contribution in [2.75, 3.05) is 5.73 Å². The van der Waals surface area contributed by atoms with Gasteiger partial charge in [-0.15, -0.1) is 0 Å². The zero-order valence-electron chi connectivity index (χ0n) is 13.2. The monoisotopic (exact) mass is 339 g/mol. The highest BCUT2D eigenvalue weighted by atomic mass is 16.3. The molecule has 6 N–H and O–H groups in total. The third kappa shape index (κ3) is 3.75. The Morgan fingerprint density at radius 2 is 1.92 bits per heavy atom. The second-order valence-corrected chi connectivity index (χ2v) is 5.50. The summed E-state index contributed by atoms with van der Waals surface area (Å²) >= 11 is 0. The van der Waals surface area contributed by atoms with Crippen LogP contribution >= 0.6 is 0 Å². The van der Waals surface area contributed by atoms with Crippen molar-refractivity contribution < 1.29 is 14.7 Å². The molecule has 1 atom stereocenters. The van der Waals surface area contributed by atoms with Crippen LogP contribution in [0.4, 0.5) is 5.82 Å². The first-order valence-electron chi connectivity index (χ1n) is 7.60. The number of aliphatic hydroxyl groups is 1. The number of carbonyl (C=O) groups excluding carboxylic acids is 2. The third-order valence-electron chi connectivity index (χ3n) is 3.73. The average Bonchev–Trinajstić information content (AvgIpc) is 3.01. The standard InChI is InChI=1S/C17H17N5O3/c18-16-12-8-11(6-7-13(12)19-21-16)17(25)22-20-15(24)9-14(23)10-4-2-1-3-5-10/h1-8,14,23H,9H2,(H,20,24)(H,22,25)(H3,18,19,21). The fourth-order valence-corrected chi connectivity index (χ4v) is 2.39. The predicted molar refractivity (Wildman–Crippen MR) is 92.1 cm³/mol. The van der Waals surface area contributed by atoms with Gasteiger partial charge < -0.3 is 10.8 Å². The maximum absolute atomic E-state index is 12.1. The van der Waals surface area contributed by atoms with E-state index < -0.39 is 17.9 Å². The minimum Gasteiger partial charge on any atom is -0.388 e. The summed E-state index contributed by atoms with van der Waals surface area (Å²) in [5.41, 5.74) is 12.0. The molecule has 0 fully saturated rings. The average molecular weight is 339 g/mol. The first kappa shape index (κ1) is 16.5. The number of nitrogen functional groups attached to an aromatic ring is 1. The molecule has 3 aromatic rings. The molecular weight excluding hydrogens is 322 g/mol. The molecule has 0 saturated heterocycles. The molecule has 1 aromatic heterocycles. The number of H-pyrrole nitrogens is 1. The lowest BCUT2D eigenvalue weighted by molar-refractivity contribution is -0.123. The topological polar surface area (TPSA) is 133 Å². The molecule has 2 amide bonds. The van der Waals surface area contributed by atoms with Gasteiger partial charge in [-0.25, -0.2) is 0 Å². The fourth-order valence-electron chi connectivity index (χ4n) is 2.39. The smallest absolute Gasteiger partial charge is 0.269 e. The Balaban J connectivity index is 1.57. The van der Waals surface area contributed by atoms with Gasteiger partial charge >= 0.3 is 0 Å². The number of fused-ring (bicyclic) bond motifs is 1. The third-order valence-corrected chi connectivity index (χ3v) is 3.73. The lowest BCUT2D eigenvalue weighted by Crippen LogP contribution is -2.42. The van der Waals surface area contributed by atoms with Crippen molar-refractivity contribution in [2.24, 2.45) is 0 Å². The largest absolute Gasteiger partial charge is 0.388 e. The van der Waals surface area contributed by atoms with Crippen LogP contribution in [0.2, 0.25) is 0 Å². The Morgan fingerprint density at radius 1 is 1.16 bits per heavy atom. The van der Waals surface area contributed by atoms with E-state index in [0.717, 1.165) is 0 Å². The molecule has 3 rings (SSSR count). The summed E-state index contributed by atoms with van der Waals surface area (Å²) in [6.07, 6.45) is -1.11. The number of aromatic amines is 1. The molecule has 0 spiro atoms. The van der Waals surface area contributed by atoms with Gasteiger partial charge in [-0.3, -0.25) is 25.5 Å². The number of nitrogens with one attached hydrogen (secondary N) is 3. The summed E-state index contributed by atoms with van der Waals surface area (Å²) in [7, 11) is 0. The van der Waals surface area contributed by atoms with Crippen LogP contribution in [0, 0.1) is 0 Å². The summed E-state index contributed by atoms with van der Waals surface area (Å²) in [6.45, 7) is 0. The van der Waals surface area contributed by atoms with Gasteiger partial charge in [-0.1, -0.05) is 30.3 Å². The zero-order chi connectivity index (χ0) is 17.8. The van der Waals surface area contributed by atoms with Crippen molar-refractivity contribution in [3.8, 4) is 0 Å². The Kier molecular flexibility index (Phi) is 4.62. The zero-order valence-corrected chi connectivity index (χ0v) is 13.2. The predicted octanol–water partition coefficient (Wildman–Crippen LogP) is 1.03. The molecule has 1 unspecified atom stereocenters. The van der Waals surface area contributed by atoms with Crippen LogP contribution in [0.25, 0.3) is 10.9 Å². The number of carbonyl (C=O) groups is 2. The van der Waals surface area contributed by atoms with Gasteiger partial charge in [0.1, 0.15) is 0 Å². The van der Waals surface area contributed by atoms with Crippen molar-refractivity contribution in [3.05, 3.63) is 59.7 Å². The number of aromatic nitrogens is 2. The van der Waals surface area contributed by atoms with Crippen LogP contribution in [-0.2, 0) is 4.79 Å². The lowest BCUT2D eigenvalue weighted by atomic mass is 10.1. The highest BCUT2D eigenvalue weighted by Gasteiger charge is 2.14. The van der Waals surface area contributed by atoms with Crippen molar-refractivity contribution in [1.82, 2.24) is 21.0 Å². The molecule has 2 aromatic carbocycles. The molecule has 128 valence electrons. The Morgan fingerprint density at radius 3 is 2.68 bits per heavy atom. The fraction of sp³-hybridized carbons (Fsp3) is 0.118. The molecule has 8 heteroatoms. The highest BCUT2D eigenvalue weighted by molar-refractivity contribution is 6.00. The molecule has 0 bridgehead atoms. The number of anilines is 1. The van der Waals surface area contributed by atoms with Gasteiger partial charge in [0.2, 0.25) is 5.91 Å². The number of benzene rings is 2. The quantitative estimate of drug-likeness (QED) is 0.453. The van der Waals surface area contributed by atoms with Crippen molar-refractivity contribution in [1.29, 1.82) is 0 Å². The second-order valence-electron chi connectivity index (χ2n) is 5.50. The number of hydrogen-bond acceptors (Lipinski definition) is 5. The van der Waals surface area contributed by atoms with Crippen LogP contribution in [0.15, 0.2) is 48.5 Å². The van der Waals surface area contributed by atoms with E-state index in [2.05, 4.69) is 21.0 Å². The summed E-state index contributed by atoms with van der Waals surface area (Å²) in [5.74, 6) is -0.710. The van der Waals surface area contributed by atoms with Gasteiger partial charge in [0.05, 0.1) is 18.0 Å². The number of aliphatic hydroxyl groups excluding tert-OH is 1. The Bertz CT molecular complexity index is 907. The van der Waals surface area contributed by atoms with E-state index >= 15 is 0 Å².